The lowest BCUT2D eigenvalue weighted by Gasteiger charge is -2.11. The monoisotopic (exact) mass is 617 g/mol. The highest BCUT2D eigenvalue weighted by Gasteiger charge is 2.22. The first-order chi connectivity index (χ1) is 23.3. The van der Waals surface area contributed by atoms with Gasteiger partial charge in [-0.3, -0.25) is 0 Å². The number of rotatable bonds is 3. The Morgan fingerprint density at radius 3 is 1.87 bits per heavy atom. The molecule has 0 aliphatic heterocycles. The minimum atomic E-state index is 0.728. The highest BCUT2D eigenvalue weighted by atomic mass is 32.1. The van der Waals surface area contributed by atoms with Gasteiger partial charge in [-0.15, -0.1) is 11.3 Å². The molecule has 0 radical (unpaired) electrons. The van der Waals surface area contributed by atoms with Gasteiger partial charge in [0.2, 0.25) is 0 Å². The van der Waals surface area contributed by atoms with Gasteiger partial charge in [-0.25, -0.2) is 9.97 Å². The lowest BCUT2D eigenvalue weighted by atomic mass is 10.00. The number of nitrogens with zero attached hydrogens (tertiary/aromatic N) is 3. The van der Waals surface area contributed by atoms with Crippen LogP contribution in [0.4, 0.5) is 0 Å². The molecule has 0 atom stereocenters. The Kier molecular flexibility index (Phi) is 4.96. The summed E-state index contributed by atoms with van der Waals surface area (Å²) in [4.78, 5) is 10.4. The van der Waals surface area contributed by atoms with Crippen molar-refractivity contribution in [2.24, 2.45) is 0 Å². The number of benzene rings is 7. The minimum absolute atomic E-state index is 0.728. The number of aromatic nitrogens is 3. The fourth-order valence-corrected chi connectivity index (χ4v) is 8.67. The van der Waals surface area contributed by atoms with Gasteiger partial charge in [-0.2, -0.15) is 0 Å². The Morgan fingerprint density at radius 2 is 1.17 bits per heavy atom. The van der Waals surface area contributed by atoms with Crippen LogP contribution in [-0.2, 0) is 0 Å². The van der Waals surface area contributed by atoms with Crippen molar-refractivity contribution < 1.29 is 4.42 Å². The minimum Gasteiger partial charge on any atom is -0.456 e. The third-order valence-electron chi connectivity index (χ3n) is 9.57. The van der Waals surface area contributed by atoms with Gasteiger partial charge < -0.3 is 8.98 Å². The number of thiophene rings is 1. The van der Waals surface area contributed by atoms with Crippen molar-refractivity contribution in [1.82, 2.24) is 14.5 Å². The highest BCUT2D eigenvalue weighted by molar-refractivity contribution is 7.26. The zero-order chi connectivity index (χ0) is 30.6. The Bertz CT molecular complexity index is 2900. The number of hydrogen-bond donors (Lipinski definition) is 0. The Hall–Kier alpha value is -6.04. The van der Waals surface area contributed by atoms with E-state index < -0.39 is 0 Å². The van der Waals surface area contributed by atoms with Crippen molar-refractivity contribution in [2.45, 2.75) is 0 Å². The fourth-order valence-electron chi connectivity index (χ4n) is 7.52. The van der Waals surface area contributed by atoms with Crippen LogP contribution < -0.4 is 0 Å². The van der Waals surface area contributed by atoms with Crippen LogP contribution in [-0.4, -0.2) is 14.5 Å². The molecule has 0 saturated heterocycles. The summed E-state index contributed by atoms with van der Waals surface area (Å²) >= 11 is 1.76. The molecule has 0 aliphatic carbocycles. The molecule has 0 fully saturated rings. The van der Waals surface area contributed by atoms with Gasteiger partial charge in [-0.1, -0.05) is 84.9 Å². The molecule has 47 heavy (non-hydrogen) atoms. The first-order valence-electron chi connectivity index (χ1n) is 15.8. The van der Waals surface area contributed by atoms with E-state index in [0.29, 0.717) is 0 Å². The smallest absolute Gasteiger partial charge is 0.160 e. The molecule has 0 aliphatic rings. The average molecular weight is 618 g/mol. The fraction of sp³-hybridized carbons (Fsp3) is 0. The first kappa shape index (κ1) is 25.2. The molecular weight excluding hydrogens is 595 g/mol. The van der Waals surface area contributed by atoms with Gasteiger partial charge in [-0.05, 0) is 65.4 Å². The lowest BCUT2D eigenvalue weighted by Crippen LogP contribution is -1.96. The van der Waals surface area contributed by atoms with E-state index in [-0.39, 0.29) is 0 Å². The summed E-state index contributed by atoms with van der Waals surface area (Å²) in [5.41, 5.74) is 9.26. The third kappa shape index (κ3) is 3.46. The van der Waals surface area contributed by atoms with Crippen molar-refractivity contribution in [3.05, 3.63) is 140 Å². The summed E-state index contributed by atoms with van der Waals surface area (Å²) in [6, 6.07) is 49.3. The topological polar surface area (TPSA) is 43.9 Å². The molecule has 0 spiro atoms. The van der Waals surface area contributed by atoms with E-state index in [9.17, 15) is 0 Å². The summed E-state index contributed by atoms with van der Waals surface area (Å²) in [5.74, 6) is 0.728. The van der Waals surface area contributed by atoms with Crippen LogP contribution in [0.1, 0.15) is 0 Å². The standard InChI is InChI=1S/C42H23N3OS/c1-2-8-26(9-3-1)39-41-40(29-12-4-5-15-34(29)47-41)44-42(43-39)27-16-20-28(21-17-27)45-30-22-18-24-10-6-13-32-35(24)37(30)38-31(45)23-19-25-11-7-14-33(46-32)36(25)38/h1-23H. The van der Waals surface area contributed by atoms with Crippen molar-refractivity contribution in [3.63, 3.8) is 0 Å². The van der Waals surface area contributed by atoms with Gasteiger partial charge in [0.1, 0.15) is 11.2 Å². The van der Waals surface area contributed by atoms with Gasteiger partial charge in [0.25, 0.3) is 0 Å². The molecule has 0 bridgehead atoms. The molecule has 218 valence electrons. The SMILES string of the molecule is c1ccc(-c2nc(-c3ccc(-n4c5ccc6cccc7oc8cccc9ccc4c(c98)c5c67)cc3)nc3c2sc2ccccc23)cc1. The van der Waals surface area contributed by atoms with Gasteiger partial charge in [0, 0.05) is 48.4 Å². The van der Waals surface area contributed by atoms with Crippen LogP contribution in [0.25, 0.3) is 103 Å². The van der Waals surface area contributed by atoms with E-state index in [2.05, 4.69) is 138 Å². The molecule has 11 aromatic rings. The van der Waals surface area contributed by atoms with Crippen molar-refractivity contribution in [3.8, 4) is 28.3 Å². The molecule has 7 aromatic carbocycles. The summed E-state index contributed by atoms with van der Waals surface area (Å²) in [7, 11) is 0. The third-order valence-corrected chi connectivity index (χ3v) is 10.7. The summed E-state index contributed by atoms with van der Waals surface area (Å²) in [6.07, 6.45) is 0. The molecule has 11 rings (SSSR count). The molecule has 4 heterocycles. The van der Waals surface area contributed by atoms with Crippen molar-refractivity contribution in [2.75, 3.05) is 0 Å². The van der Waals surface area contributed by atoms with Crippen LogP contribution in [0.3, 0.4) is 0 Å². The van der Waals surface area contributed by atoms with Crippen LogP contribution in [0, 0.1) is 0 Å². The average Bonchev–Trinajstić information content (AvgIpc) is 3.63. The predicted octanol–water partition coefficient (Wildman–Crippen LogP) is 11.8. The molecule has 0 amide bonds. The summed E-state index contributed by atoms with van der Waals surface area (Å²) in [6.45, 7) is 0. The largest absolute Gasteiger partial charge is 0.456 e. The van der Waals surface area contributed by atoms with Crippen LogP contribution in [0.2, 0.25) is 0 Å². The lowest BCUT2D eigenvalue weighted by molar-refractivity contribution is 0.664. The molecule has 0 saturated carbocycles. The maximum Gasteiger partial charge on any atom is 0.160 e. The first-order valence-corrected chi connectivity index (χ1v) is 16.6. The summed E-state index contributed by atoms with van der Waals surface area (Å²) < 4.78 is 11.3. The van der Waals surface area contributed by atoms with E-state index in [1.807, 2.05) is 6.07 Å². The molecule has 4 nitrogen and oxygen atoms in total. The zero-order valence-corrected chi connectivity index (χ0v) is 25.8. The Morgan fingerprint density at radius 1 is 0.511 bits per heavy atom. The molecule has 5 heteroatoms. The second-order valence-electron chi connectivity index (χ2n) is 12.2. The van der Waals surface area contributed by atoms with Gasteiger partial charge in [0.15, 0.2) is 5.82 Å². The Balaban J connectivity index is 1.16. The van der Waals surface area contributed by atoms with E-state index in [1.54, 1.807) is 11.3 Å². The molecule has 4 aromatic heterocycles. The van der Waals surface area contributed by atoms with Crippen LogP contribution in [0.15, 0.2) is 144 Å². The molecule has 0 unspecified atom stereocenters. The maximum atomic E-state index is 6.60. The second-order valence-corrected chi connectivity index (χ2v) is 13.2. The zero-order valence-electron chi connectivity index (χ0n) is 24.9. The number of hydrogen-bond acceptors (Lipinski definition) is 4. The second kappa shape index (κ2) is 9.25. The van der Waals surface area contributed by atoms with Crippen molar-refractivity contribution >= 4 is 86.2 Å². The normalized spacial score (nSPS) is 12.3. The van der Waals surface area contributed by atoms with Gasteiger partial charge in [0.05, 0.1) is 26.9 Å². The van der Waals surface area contributed by atoms with Crippen molar-refractivity contribution in [1.29, 1.82) is 0 Å². The quantitative estimate of drug-likeness (QED) is 0.198. The van der Waals surface area contributed by atoms with E-state index in [1.165, 1.54) is 31.6 Å². The van der Waals surface area contributed by atoms with E-state index in [0.717, 1.165) is 71.5 Å². The molecule has 0 N–H and O–H groups in total. The van der Waals surface area contributed by atoms with Gasteiger partial charge >= 0.3 is 0 Å². The summed E-state index contributed by atoms with van der Waals surface area (Å²) in [5, 5.41) is 8.31. The number of fused-ring (bicyclic) bond motifs is 3. The maximum absolute atomic E-state index is 6.60. The Labute approximate surface area is 272 Å². The van der Waals surface area contributed by atoms with E-state index >= 15 is 0 Å². The molecular formula is C42H23N3OS. The van der Waals surface area contributed by atoms with Crippen LogP contribution in [0.5, 0.6) is 0 Å². The van der Waals surface area contributed by atoms with E-state index in [4.69, 9.17) is 14.4 Å². The van der Waals surface area contributed by atoms with Crippen LogP contribution >= 0.6 is 11.3 Å². The highest BCUT2D eigenvalue weighted by Crippen LogP contribution is 2.45. The predicted molar refractivity (Wildman–Crippen MR) is 196 cm³/mol.